The van der Waals surface area contributed by atoms with E-state index in [1.165, 1.54) is 6.92 Å². The van der Waals surface area contributed by atoms with Crippen LogP contribution in [0.15, 0.2) is 23.1 Å². The standard InChI is InChI=1S/C12H13F2NO5S/c1-12(11(16)17)6-20-5-10(12)15-21(18,19)9-4-7(13)2-3-8(9)14/h2-4,10,15H,5-6H2,1H3,(H,16,17). The van der Waals surface area contributed by atoms with E-state index < -0.39 is 44.0 Å². The third-order valence-corrected chi connectivity index (χ3v) is 4.91. The molecule has 9 heteroatoms. The minimum absolute atomic E-state index is 0.168. The van der Waals surface area contributed by atoms with Gasteiger partial charge in [0.15, 0.2) is 0 Å². The summed E-state index contributed by atoms with van der Waals surface area (Å²) in [5, 5.41) is 9.16. The van der Waals surface area contributed by atoms with Crippen molar-refractivity contribution in [1.82, 2.24) is 4.72 Å². The Labute approximate surface area is 119 Å². The highest BCUT2D eigenvalue weighted by molar-refractivity contribution is 7.89. The van der Waals surface area contributed by atoms with Crippen LogP contribution in [0.25, 0.3) is 0 Å². The molecule has 0 saturated carbocycles. The SMILES string of the molecule is CC1(C(=O)O)COCC1NS(=O)(=O)c1cc(F)ccc1F. The van der Waals surface area contributed by atoms with Gasteiger partial charge in [-0.05, 0) is 25.1 Å². The van der Waals surface area contributed by atoms with Crippen LogP contribution in [0.4, 0.5) is 8.78 Å². The number of carbonyl (C=O) groups is 1. The normalized spacial score (nSPS) is 26.0. The molecule has 0 aromatic heterocycles. The lowest BCUT2D eigenvalue weighted by atomic mass is 9.86. The van der Waals surface area contributed by atoms with Crippen molar-refractivity contribution in [3.05, 3.63) is 29.8 Å². The van der Waals surface area contributed by atoms with Gasteiger partial charge in [-0.3, -0.25) is 4.79 Å². The molecule has 2 N–H and O–H groups in total. The van der Waals surface area contributed by atoms with E-state index in [-0.39, 0.29) is 13.2 Å². The van der Waals surface area contributed by atoms with Gasteiger partial charge in [0.25, 0.3) is 0 Å². The highest BCUT2D eigenvalue weighted by atomic mass is 32.2. The Morgan fingerprint density at radius 3 is 2.76 bits per heavy atom. The number of halogens is 2. The summed E-state index contributed by atoms with van der Waals surface area (Å²) in [6.07, 6.45) is 0. The maximum Gasteiger partial charge on any atom is 0.313 e. The highest BCUT2D eigenvalue weighted by Gasteiger charge is 2.48. The quantitative estimate of drug-likeness (QED) is 0.853. The first-order chi connectivity index (χ1) is 9.67. The minimum atomic E-state index is -4.41. The smallest absolute Gasteiger partial charge is 0.313 e. The molecule has 1 aromatic rings. The van der Waals surface area contributed by atoms with Crippen molar-refractivity contribution < 1.29 is 31.8 Å². The van der Waals surface area contributed by atoms with Gasteiger partial charge in [0.2, 0.25) is 10.0 Å². The van der Waals surface area contributed by atoms with Crippen molar-refractivity contribution in [3.63, 3.8) is 0 Å². The van der Waals surface area contributed by atoms with Crippen molar-refractivity contribution >= 4 is 16.0 Å². The first-order valence-electron chi connectivity index (χ1n) is 5.95. The maximum absolute atomic E-state index is 13.6. The molecule has 0 aliphatic carbocycles. The van der Waals surface area contributed by atoms with Crippen LogP contribution < -0.4 is 4.72 Å². The minimum Gasteiger partial charge on any atom is -0.481 e. The van der Waals surface area contributed by atoms with Gasteiger partial charge in [0.1, 0.15) is 21.9 Å². The first kappa shape index (κ1) is 15.8. The van der Waals surface area contributed by atoms with Crippen molar-refractivity contribution in [1.29, 1.82) is 0 Å². The van der Waals surface area contributed by atoms with Gasteiger partial charge in [-0.15, -0.1) is 0 Å². The molecule has 0 radical (unpaired) electrons. The van der Waals surface area contributed by atoms with Crippen LogP contribution >= 0.6 is 0 Å². The second-order valence-corrected chi connectivity index (χ2v) is 6.67. The van der Waals surface area contributed by atoms with Gasteiger partial charge >= 0.3 is 5.97 Å². The predicted molar refractivity (Wildman–Crippen MR) is 67.0 cm³/mol. The lowest BCUT2D eigenvalue weighted by Crippen LogP contribution is -2.49. The van der Waals surface area contributed by atoms with Gasteiger partial charge in [-0.1, -0.05) is 0 Å². The fraction of sp³-hybridized carbons (Fsp3) is 0.417. The van der Waals surface area contributed by atoms with Crippen LogP contribution in [-0.2, 0) is 19.6 Å². The lowest BCUT2D eigenvalue weighted by Gasteiger charge is -2.25. The summed E-state index contributed by atoms with van der Waals surface area (Å²) in [5.74, 6) is -3.28. The largest absolute Gasteiger partial charge is 0.481 e. The molecule has 1 heterocycles. The molecule has 2 unspecified atom stereocenters. The number of carboxylic acids is 1. The second kappa shape index (κ2) is 5.32. The molecule has 2 rings (SSSR count). The molecule has 116 valence electrons. The Bertz CT molecular complexity index is 678. The maximum atomic E-state index is 13.6. The third kappa shape index (κ3) is 2.89. The fourth-order valence-corrected chi connectivity index (χ4v) is 3.40. The highest BCUT2D eigenvalue weighted by Crippen LogP contribution is 2.30. The Morgan fingerprint density at radius 1 is 1.48 bits per heavy atom. The van der Waals surface area contributed by atoms with Crippen LogP contribution in [0.2, 0.25) is 0 Å². The molecular weight excluding hydrogens is 308 g/mol. The van der Waals surface area contributed by atoms with E-state index in [1.807, 2.05) is 0 Å². The Balaban J connectivity index is 2.34. The van der Waals surface area contributed by atoms with E-state index in [2.05, 4.69) is 4.72 Å². The summed E-state index contributed by atoms with van der Waals surface area (Å²) < 4.78 is 57.9. The zero-order chi connectivity index (χ0) is 15.8. The van der Waals surface area contributed by atoms with Crippen LogP contribution in [0, 0.1) is 17.0 Å². The van der Waals surface area contributed by atoms with E-state index >= 15 is 0 Å². The number of rotatable bonds is 4. The van der Waals surface area contributed by atoms with E-state index in [0.717, 1.165) is 6.07 Å². The van der Waals surface area contributed by atoms with Crippen LogP contribution in [-0.4, -0.2) is 38.7 Å². The summed E-state index contributed by atoms with van der Waals surface area (Å²) >= 11 is 0. The van der Waals surface area contributed by atoms with Gasteiger partial charge in [-0.25, -0.2) is 21.9 Å². The predicted octanol–water partition coefficient (Wildman–Crippen LogP) is 0.733. The topological polar surface area (TPSA) is 92.7 Å². The van der Waals surface area contributed by atoms with Gasteiger partial charge < -0.3 is 9.84 Å². The van der Waals surface area contributed by atoms with Crippen molar-refractivity contribution in [3.8, 4) is 0 Å². The number of aliphatic carboxylic acids is 1. The molecule has 1 aromatic carbocycles. The van der Waals surface area contributed by atoms with E-state index in [1.54, 1.807) is 0 Å². The monoisotopic (exact) mass is 321 g/mol. The Kier molecular flexibility index (Phi) is 4.00. The summed E-state index contributed by atoms with van der Waals surface area (Å²) in [5.41, 5.74) is -1.48. The second-order valence-electron chi connectivity index (χ2n) is 4.99. The zero-order valence-corrected chi connectivity index (χ0v) is 11.8. The summed E-state index contributed by atoms with van der Waals surface area (Å²) in [6.45, 7) is 0.970. The van der Waals surface area contributed by atoms with E-state index in [0.29, 0.717) is 12.1 Å². The molecule has 1 saturated heterocycles. The van der Waals surface area contributed by atoms with Crippen molar-refractivity contribution in [2.24, 2.45) is 5.41 Å². The number of hydrogen-bond donors (Lipinski definition) is 2. The molecule has 6 nitrogen and oxygen atoms in total. The summed E-state index contributed by atoms with van der Waals surface area (Å²) in [6, 6.07) is 0.925. The third-order valence-electron chi connectivity index (χ3n) is 3.42. The number of ether oxygens (including phenoxy) is 1. The van der Waals surface area contributed by atoms with Crippen LogP contribution in [0.3, 0.4) is 0 Å². The van der Waals surface area contributed by atoms with Gasteiger partial charge in [0, 0.05) is 0 Å². The summed E-state index contributed by atoms with van der Waals surface area (Å²) in [7, 11) is -4.41. The molecule has 0 spiro atoms. The average molecular weight is 321 g/mol. The Hall–Kier alpha value is -1.58. The molecular formula is C12H13F2NO5S. The van der Waals surface area contributed by atoms with Crippen molar-refractivity contribution in [2.75, 3.05) is 13.2 Å². The van der Waals surface area contributed by atoms with Gasteiger partial charge in [-0.2, -0.15) is 0 Å². The van der Waals surface area contributed by atoms with Crippen LogP contribution in [0.1, 0.15) is 6.92 Å². The van der Waals surface area contributed by atoms with E-state index in [4.69, 9.17) is 9.84 Å². The lowest BCUT2D eigenvalue weighted by molar-refractivity contribution is -0.148. The summed E-state index contributed by atoms with van der Waals surface area (Å²) in [4.78, 5) is 10.4. The fourth-order valence-electron chi connectivity index (χ4n) is 1.98. The number of benzene rings is 1. The molecule has 1 aliphatic rings. The molecule has 21 heavy (non-hydrogen) atoms. The molecule has 0 amide bonds. The average Bonchev–Trinajstić information content (AvgIpc) is 2.74. The molecule has 2 atom stereocenters. The zero-order valence-electron chi connectivity index (χ0n) is 11.0. The molecule has 1 fully saturated rings. The van der Waals surface area contributed by atoms with Crippen molar-refractivity contribution in [2.45, 2.75) is 17.9 Å². The number of hydrogen-bond acceptors (Lipinski definition) is 4. The molecule has 0 bridgehead atoms. The van der Waals surface area contributed by atoms with Crippen LogP contribution in [0.5, 0.6) is 0 Å². The van der Waals surface area contributed by atoms with E-state index in [9.17, 15) is 22.0 Å². The van der Waals surface area contributed by atoms with Gasteiger partial charge in [0.05, 0.1) is 19.3 Å². The molecule has 1 aliphatic heterocycles. The number of carboxylic acid groups (broad SMARTS) is 1. The number of sulfonamides is 1. The number of nitrogens with one attached hydrogen (secondary N) is 1. The first-order valence-corrected chi connectivity index (χ1v) is 7.43. The Morgan fingerprint density at radius 2 is 2.14 bits per heavy atom.